The molecule has 0 aliphatic rings. The van der Waals surface area contributed by atoms with Crippen molar-refractivity contribution < 1.29 is 92.3 Å². The molecule has 7 heteroatoms. The Balaban J connectivity index is -0.0000000817. The number of hydrogen-bond acceptors (Lipinski definition) is 2. The van der Waals surface area contributed by atoms with E-state index in [1.54, 1.807) is 0 Å². The molecule has 0 aliphatic heterocycles. The summed E-state index contributed by atoms with van der Waals surface area (Å²) in [6, 6.07) is 0. The molecule has 11 heavy (non-hydrogen) atoms. The predicted octanol–water partition coefficient (Wildman–Crippen LogP) is -0.293. The molecule has 0 bridgehead atoms. The summed E-state index contributed by atoms with van der Waals surface area (Å²) in [6.07, 6.45) is 1.12. The average molecular weight is 390 g/mol. The molecular formula is C4H4CoFeO4Tb. The van der Waals surface area contributed by atoms with E-state index in [4.69, 9.17) is 10.2 Å². The maximum atomic E-state index is 9.55. The van der Waals surface area contributed by atoms with Crippen molar-refractivity contribution in [3.8, 4) is 0 Å². The van der Waals surface area contributed by atoms with Crippen LogP contribution in [0.4, 0.5) is 0 Å². The van der Waals surface area contributed by atoms with Gasteiger partial charge in [0.05, 0.1) is 0 Å². The third-order valence-electron chi connectivity index (χ3n) is 0.368. The Bertz CT molecular complexity index is 133. The van der Waals surface area contributed by atoms with Crippen LogP contribution in [0.2, 0.25) is 0 Å². The summed E-state index contributed by atoms with van der Waals surface area (Å²) in [5.41, 5.74) is 0. The number of rotatable bonds is 2. The zero-order chi connectivity index (χ0) is 6.57. The third kappa shape index (κ3) is 24.8. The van der Waals surface area contributed by atoms with Gasteiger partial charge < -0.3 is 10.2 Å². The van der Waals surface area contributed by atoms with Crippen molar-refractivity contribution in [1.82, 2.24) is 0 Å². The molecule has 2 radical (unpaired) electrons. The number of aliphatic carboxylic acids is 2. The van der Waals surface area contributed by atoms with E-state index < -0.39 is 11.9 Å². The Morgan fingerprint density at radius 2 is 1.18 bits per heavy atom. The molecule has 0 aromatic rings. The number of hydrogen-bond donors (Lipinski definition) is 2. The van der Waals surface area contributed by atoms with Gasteiger partial charge in [-0.1, -0.05) is 0 Å². The van der Waals surface area contributed by atoms with Gasteiger partial charge in [-0.15, -0.1) is 0 Å². The predicted molar refractivity (Wildman–Crippen MR) is 24.4 cm³/mol. The van der Waals surface area contributed by atoms with Crippen LogP contribution in [0.3, 0.4) is 0 Å². The van der Waals surface area contributed by atoms with Gasteiger partial charge in [0.2, 0.25) is 0 Å². The summed E-state index contributed by atoms with van der Waals surface area (Å²) >= 11 is 0. The van der Waals surface area contributed by atoms with Gasteiger partial charge in [0, 0.05) is 84.6 Å². The molecule has 0 rings (SSSR count). The van der Waals surface area contributed by atoms with Crippen molar-refractivity contribution in [1.29, 1.82) is 0 Å². The first kappa shape index (κ1) is 22.7. The van der Waals surface area contributed by atoms with Crippen LogP contribution >= 0.6 is 0 Å². The Morgan fingerprint density at radius 1 is 1.00 bits per heavy atom. The van der Waals surface area contributed by atoms with Crippen LogP contribution in [0.1, 0.15) is 0 Å². The minimum absolute atomic E-state index is 0. The van der Waals surface area contributed by atoms with Gasteiger partial charge in [-0.05, 0) is 0 Å². The molecule has 0 atom stereocenters. The number of carbonyl (C=O) groups is 2. The molecule has 0 amide bonds. The zero-order valence-corrected chi connectivity index (χ0v) is 9.17. The van der Waals surface area contributed by atoms with E-state index in [-0.39, 0.29) is 72.5 Å². The molecule has 0 saturated heterocycles. The van der Waals surface area contributed by atoms with E-state index in [0.717, 1.165) is 0 Å². The molecule has 0 saturated carbocycles. The van der Waals surface area contributed by atoms with Crippen LogP contribution in [-0.2, 0) is 43.4 Å². The minimum Gasteiger partial charge on any atom is -0.478 e. The van der Waals surface area contributed by atoms with Gasteiger partial charge >= 0.3 is 11.9 Å². The Labute approximate surface area is 115 Å². The Kier molecular flexibility index (Phi) is 28.0. The van der Waals surface area contributed by atoms with Gasteiger partial charge in [0.1, 0.15) is 0 Å². The Morgan fingerprint density at radius 3 is 1.27 bits per heavy atom. The molecule has 0 unspecified atom stereocenters. The van der Waals surface area contributed by atoms with Gasteiger partial charge in [-0.2, -0.15) is 0 Å². The normalized spacial score (nSPS) is 6.91. The molecule has 0 heterocycles. The second-order valence-electron chi connectivity index (χ2n) is 1.01. The number of carboxylic acids is 2. The maximum Gasteiger partial charge on any atom is 0.328 e. The molecule has 0 aliphatic carbocycles. The summed E-state index contributed by atoms with van der Waals surface area (Å²) in [4.78, 5) is 19.1. The molecule has 2 N–H and O–H groups in total. The summed E-state index contributed by atoms with van der Waals surface area (Å²) in [5.74, 6) is -2.51. The first-order chi connectivity index (χ1) is 3.63. The summed E-state index contributed by atoms with van der Waals surface area (Å²) in [6.45, 7) is 0. The largest absolute Gasteiger partial charge is 0.478 e. The maximum absolute atomic E-state index is 9.55. The van der Waals surface area contributed by atoms with E-state index in [1.807, 2.05) is 0 Å². The van der Waals surface area contributed by atoms with Gasteiger partial charge in [0.25, 0.3) is 0 Å². The topological polar surface area (TPSA) is 74.6 Å². The van der Waals surface area contributed by atoms with Crippen LogP contribution in [0.5, 0.6) is 0 Å². The van der Waals surface area contributed by atoms with Gasteiger partial charge in [0.15, 0.2) is 0 Å². The van der Waals surface area contributed by atoms with E-state index in [9.17, 15) is 9.59 Å². The van der Waals surface area contributed by atoms with Gasteiger partial charge in [-0.25, -0.2) is 9.59 Å². The molecule has 4 nitrogen and oxygen atoms in total. The van der Waals surface area contributed by atoms with E-state index in [1.165, 1.54) is 0 Å². The second-order valence-corrected chi connectivity index (χ2v) is 1.01. The fourth-order valence-electron chi connectivity index (χ4n) is 0.143. The second kappa shape index (κ2) is 13.6. The fraction of sp³-hybridized carbons (Fsp3) is 0. The van der Waals surface area contributed by atoms with Crippen molar-refractivity contribution in [2.24, 2.45) is 0 Å². The molecule has 0 spiro atoms. The summed E-state index contributed by atoms with van der Waals surface area (Å²) in [5, 5.41) is 15.6. The monoisotopic (exact) mass is 390 g/mol. The summed E-state index contributed by atoms with van der Waals surface area (Å²) < 4.78 is 0. The minimum atomic E-state index is -1.26. The van der Waals surface area contributed by atoms with Crippen molar-refractivity contribution >= 4 is 11.9 Å². The SMILES string of the molecule is O=C(O)/C=C/C(=O)O.[Co].[Fe].[Tb]. The quantitative estimate of drug-likeness (QED) is 0.502. The molecule has 0 aromatic heterocycles. The third-order valence-corrected chi connectivity index (χ3v) is 0.368. The van der Waals surface area contributed by atoms with Crippen molar-refractivity contribution in [2.75, 3.05) is 0 Å². The zero-order valence-electron chi connectivity index (χ0n) is 4.89. The average Bonchev–Trinajstić information content (AvgIpc) is 1.61. The summed E-state index contributed by atoms with van der Waals surface area (Å²) in [7, 11) is 0. The standard InChI is InChI=1S/C4H4O4.Co.Fe.Tb/c5-3(6)1-2-4(7)8;;;/h1-2H,(H,5,6)(H,7,8);;;/b2-1+;;;. The molecular weight excluding hydrogens is 386 g/mol. The van der Waals surface area contributed by atoms with Crippen molar-refractivity contribution in [2.45, 2.75) is 0 Å². The van der Waals surface area contributed by atoms with Crippen molar-refractivity contribution in [3.05, 3.63) is 12.2 Å². The molecule has 0 fully saturated rings. The smallest absolute Gasteiger partial charge is 0.328 e. The first-order valence-electron chi connectivity index (χ1n) is 1.77. The van der Waals surface area contributed by atoms with Crippen LogP contribution in [0, 0.1) is 38.6 Å². The number of carboxylic acid groups (broad SMARTS) is 2. The fourth-order valence-corrected chi connectivity index (χ4v) is 0.143. The Hall–Kier alpha value is 0.992. The van der Waals surface area contributed by atoms with Gasteiger partial charge in [-0.3, -0.25) is 0 Å². The van der Waals surface area contributed by atoms with Crippen LogP contribution in [0.15, 0.2) is 12.2 Å². The molecule has 0 aromatic carbocycles. The van der Waals surface area contributed by atoms with E-state index in [2.05, 4.69) is 0 Å². The molecule has 70 valence electrons. The first-order valence-corrected chi connectivity index (χ1v) is 1.77. The van der Waals surface area contributed by atoms with Crippen LogP contribution in [0.25, 0.3) is 0 Å². The van der Waals surface area contributed by atoms with E-state index in [0.29, 0.717) is 12.2 Å². The van der Waals surface area contributed by atoms with E-state index >= 15 is 0 Å². The van der Waals surface area contributed by atoms with Crippen LogP contribution in [-0.4, -0.2) is 22.2 Å². The van der Waals surface area contributed by atoms with Crippen molar-refractivity contribution in [3.63, 3.8) is 0 Å². The van der Waals surface area contributed by atoms with Crippen LogP contribution < -0.4 is 0 Å².